The van der Waals surface area contributed by atoms with Gasteiger partial charge >= 0.3 is 17.3 Å². The summed E-state index contributed by atoms with van der Waals surface area (Å²) in [6.45, 7) is 2.39. The van der Waals surface area contributed by atoms with Crippen LogP contribution in [0.2, 0.25) is 0 Å². The monoisotopic (exact) mass is 937 g/mol. The van der Waals surface area contributed by atoms with Crippen molar-refractivity contribution in [2.24, 2.45) is 0 Å². The first-order valence-corrected chi connectivity index (χ1v) is 23.5. The van der Waals surface area contributed by atoms with Gasteiger partial charge in [0.15, 0.2) is 28.8 Å². The molecule has 0 aliphatic heterocycles. The Morgan fingerprint density at radius 2 is 1.65 bits per heavy atom. The number of benzene rings is 3. The lowest BCUT2D eigenvalue weighted by molar-refractivity contribution is -0.385. The van der Waals surface area contributed by atoms with Crippen molar-refractivity contribution in [2.75, 3.05) is 32.1 Å². The number of nitrogens with one attached hydrogen (secondary N) is 1. The third-order valence-corrected chi connectivity index (χ3v) is 14.3. The number of hydrogen-bond donors (Lipinski definition) is 1. The van der Waals surface area contributed by atoms with Crippen LogP contribution < -0.4 is 14.8 Å². The summed E-state index contributed by atoms with van der Waals surface area (Å²) < 4.78 is 123. The molecule has 0 radical (unpaired) electrons. The second-order valence-corrected chi connectivity index (χ2v) is 19.2. The maximum absolute atomic E-state index is 14.5. The van der Waals surface area contributed by atoms with Crippen LogP contribution >= 0.6 is 0 Å². The predicted octanol–water partition coefficient (Wildman–Crippen LogP) is 5.82. The van der Waals surface area contributed by atoms with Gasteiger partial charge in [-0.15, -0.1) is 0 Å². The minimum Gasteiger partial charge on any atom is -0.609 e. The Balaban J connectivity index is 1.13. The smallest absolute Gasteiger partial charge is 0.422 e. The molecule has 0 aliphatic carbocycles. The van der Waals surface area contributed by atoms with Crippen molar-refractivity contribution >= 4 is 59.6 Å². The van der Waals surface area contributed by atoms with Crippen molar-refractivity contribution in [3.05, 3.63) is 105 Å². The minimum atomic E-state index is -4.59. The van der Waals surface area contributed by atoms with E-state index in [0.29, 0.717) is 19.3 Å². The van der Waals surface area contributed by atoms with Crippen LogP contribution in [0.1, 0.15) is 48.1 Å². The number of unbranched alkanes of at least 4 members (excludes halogenated alkanes) is 2. The summed E-state index contributed by atoms with van der Waals surface area (Å²) in [5.41, 5.74) is 0.788. The van der Waals surface area contributed by atoms with Gasteiger partial charge in [-0.3, -0.25) is 24.7 Å². The Morgan fingerprint density at radius 3 is 2.35 bits per heavy atom. The summed E-state index contributed by atoms with van der Waals surface area (Å²) in [7, 11) is -8.42. The normalized spacial score (nSPS) is 12.5. The summed E-state index contributed by atoms with van der Waals surface area (Å²) >= 11 is -2.17. The molecule has 17 nitrogen and oxygen atoms in total. The summed E-state index contributed by atoms with van der Waals surface area (Å²) in [4.78, 5) is 43.0. The van der Waals surface area contributed by atoms with Crippen LogP contribution in [0, 0.1) is 30.9 Å². The number of ether oxygens (including phenoxy) is 3. The molecule has 0 saturated carbocycles. The second kappa shape index (κ2) is 20.6. The van der Waals surface area contributed by atoms with Crippen LogP contribution in [0.15, 0.2) is 87.9 Å². The van der Waals surface area contributed by atoms with Gasteiger partial charge in [-0.25, -0.2) is 16.8 Å². The number of carbonyl (C=O) groups excluding carboxylic acids is 2. The molecular formula is C40H42F3N5O12S3. The molecule has 338 valence electrons. The van der Waals surface area contributed by atoms with Gasteiger partial charge < -0.3 is 24.1 Å². The number of hydrogen-bond acceptors (Lipinski definition) is 14. The van der Waals surface area contributed by atoms with Crippen molar-refractivity contribution in [1.29, 1.82) is 0 Å². The number of pyridine rings is 1. The molecule has 5 rings (SSSR count). The van der Waals surface area contributed by atoms with Gasteiger partial charge in [0.1, 0.15) is 18.1 Å². The molecule has 5 aromatic rings. The van der Waals surface area contributed by atoms with E-state index in [1.807, 2.05) is 0 Å². The van der Waals surface area contributed by atoms with Crippen molar-refractivity contribution in [2.45, 2.75) is 73.3 Å². The number of nitrogens with zero attached hydrogens (tertiary/aromatic N) is 4. The number of nitro benzene ring substituents is 1. The van der Waals surface area contributed by atoms with Crippen LogP contribution in [-0.4, -0.2) is 90.4 Å². The average Bonchev–Trinajstić information content (AvgIpc) is 3.62. The standard InChI is InChI=1S/C40H42F3N5O12S3/c1-26-20-30(59-23-36(49)45-16-8-4-5-14-37(50)58-18-19-62(54,55)31-11-9-10-29(22-31)48(51)52)21-27(2)38(26)63(56,57)47-34-13-7-6-12-32(34)46-39(47)61(53)24-33-28(3)35(15-17-44-33)60-25-40(41,42)43/h6-7,9-13,15,17,20-22H,4-5,8,14,16,18-19,23-25H2,1-3H3,(H,45,49). The van der Waals surface area contributed by atoms with Crippen LogP contribution in [0.4, 0.5) is 18.9 Å². The number of para-hydroxylation sites is 2. The first-order chi connectivity index (χ1) is 29.7. The number of imidazole rings is 1. The molecule has 0 aliphatic rings. The minimum absolute atomic E-state index is 0.00697. The zero-order chi connectivity index (χ0) is 46.1. The van der Waals surface area contributed by atoms with Crippen molar-refractivity contribution in [3.63, 3.8) is 0 Å². The number of aromatic nitrogens is 3. The van der Waals surface area contributed by atoms with Crippen LogP contribution in [-0.2, 0) is 51.1 Å². The number of alkyl halides is 3. The van der Waals surface area contributed by atoms with E-state index in [4.69, 9.17) is 14.2 Å². The summed E-state index contributed by atoms with van der Waals surface area (Å²) in [5.74, 6) is -1.94. The zero-order valence-electron chi connectivity index (χ0n) is 34.0. The van der Waals surface area contributed by atoms with E-state index >= 15 is 0 Å². The van der Waals surface area contributed by atoms with E-state index < -0.39 is 79.6 Å². The van der Waals surface area contributed by atoms with Crippen molar-refractivity contribution in [3.8, 4) is 11.5 Å². The third-order valence-electron chi connectivity index (χ3n) is 9.30. The van der Waals surface area contributed by atoms with E-state index in [1.54, 1.807) is 18.2 Å². The number of rotatable bonds is 21. The van der Waals surface area contributed by atoms with E-state index in [9.17, 15) is 54.3 Å². The van der Waals surface area contributed by atoms with E-state index in [2.05, 4.69) is 15.3 Å². The SMILES string of the molecule is Cc1cc(OCC(=O)NCCCCCC(=O)OCCS(=O)(=O)c2cccc([N+](=O)[O-])c2)cc(C)c1S(=O)(=O)n1c([S+]([O-])Cc2nccc(OCC(F)(F)F)c2C)nc2ccccc21. The molecule has 0 spiro atoms. The van der Waals surface area contributed by atoms with Gasteiger partial charge in [0.25, 0.3) is 21.6 Å². The lowest BCUT2D eigenvalue weighted by Gasteiger charge is -2.17. The predicted molar refractivity (Wildman–Crippen MR) is 222 cm³/mol. The molecule has 0 fully saturated rings. The number of halogens is 3. The molecule has 23 heteroatoms. The summed E-state index contributed by atoms with van der Waals surface area (Å²) in [6, 6.07) is 14.9. The van der Waals surface area contributed by atoms with Gasteiger partial charge in [0.2, 0.25) is 0 Å². The van der Waals surface area contributed by atoms with E-state index in [1.165, 1.54) is 63.4 Å². The first-order valence-electron chi connectivity index (χ1n) is 19.1. The number of fused-ring (bicyclic) bond motifs is 1. The number of aryl methyl sites for hydroxylation is 2. The zero-order valence-corrected chi connectivity index (χ0v) is 36.5. The number of carbonyl (C=O) groups is 2. The Kier molecular flexibility index (Phi) is 15.8. The first kappa shape index (κ1) is 48.3. The molecule has 1 atom stereocenters. The fraction of sp³-hybridized carbons (Fsp3) is 0.350. The molecular weight excluding hydrogens is 896 g/mol. The Morgan fingerprint density at radius 1 is 0.937 bits per heavy atom. The highest BCUT2D eigenvalue weighted by atomic mass is 32.2. The van der Waals surface area contributed by atoms with Gasteiger partial charge in [-0.1, -0.05) is 24.6 Å². The lowest BCUT2D eigenvalue weighted by atomic mass is 10.1. The van der Waals surface area contributed by atoms with E-state index in [-0.39, 0.29) is 84.3 Å². The highest BCUT2D eigenvalue weighted by Crippen LogP contribution is 2.33. The Labute approximate surface area is 363 Å². The fourth-order valence-corrected chi connectivity index (χ4v) is 10.9. The second-order valence-electron chi connectivity index (χ2n) is 14.1. The number of esters is 1. The lowest BCUT2D eigenvalue weighted by Crippen LogP contribution is -2.29. The molecule has 2 heterocycles. The number of nitro groups is 1. The maximum atomic E-state index is 14.5. The summed E-state index contributed by atoms with van der Waals surface area (Å²) in [5, 5.41) is 13.3. The van der Waals surface area contributed by atoms with E-state index in [0.717, 1.165) is 16.1 Å². The topological polar surface area (TPSA) is 239 Å². The molecule has 1 N–H and O–H groups in total. The fourth-order valence-electron chi connectivity index (χ4n) is 6.30. The highest BCUT2D eigenvalue weighted by Gasteiger charge is 2.34. The van der Waals surface area contributed by atoms with Crippen LogP contribution in [0.5, 0.6) is 11.5 Å². The largest absolute Gasteiger partial charge is 0.609 e. The number of amides is 1. The summed E-state index contributed by atoms with van der Waals surface area (Å²) in [6.07, 6.45) is -1.95. The van der Waals surface area contributed by atoms with Gasteiger partial charge in [-0.05, 0) is 81.1 Å². The van der Waals surface area contributed by atoms with Gasteiger partial charge in [0, 0.05) is 48.0 Å². The van der Waals surface area contributed by atoms with Gasteiger partial charge in [-0.2, -0.15) is 22.1 Å². The molecule has 1 amide bonds. The average molecular weight is 938 g/mol. The molecule has 0 bridgehead atoms. The quantitative estimate of drug-likeness (QED) is 0.0300. The van der Waals surface area contributed by atoms with Gasteiger partial charge in [0.05, 0.1) is 37.2 Å². The Hall–Kier alpha value is -5.78. The number of sulfone groups is 1. The number of non-ortho nitro benzene ring substituents is 1. The van der Waals surface area contributed by atoms with Crippen LogP contribution in [0.25, 0.3) is 11.0 Å². The van der Waals surface area contributed by atoms with Crippen molar-refractivity contribution in [1.82, 2.24) is 19.3 Å². The third kappa shape index (κ3) is 12.7. The molecule has 1 unspecified atom stereocenters. The van der Waals surface area contributed by atoms with Crippen molar-refractivity contribution < 1.29 is 63.3 Å². The van der Waals surface area contributed by atoms with Crippen LogP contribution in [0.3, 0.4) is 0 Å². The molecule has 3 aromatic carbocycles. The maximum Gasteiger partial charge on any atom is 0.422 e. The molecule has 2 aromatic heterocycles. The highest BCUT2D eigenvalue weighted by molar-refractivity contribution is 7.93. The molecule has 0 saturated heterocycles. The Bertz CT molecular complexity index is 2690. The molecule has 63 heavy (non-hydrogen) atoms.